The Morgan fingerprint density at radius 1 is 1.00 bits per heavy atom. The van der Waals surface area contributed by atoms with Crippen LogP contribution in [-0.4, -0.2) is 22.4 Å². The second-order valence-corrected chi connectivity index (χ2v) is 4.76. The van der Waals surface area contributed by atoms with Crippen LogP contribution in [0, 0.1) is 11.8 Å². The molecule has 0 aliphatic carbocycles. The summed E-state index contributed by atoms with van der Waals surface area (Å²) in [6, 6.07) is 0. The van der Waals surface area contributed by atoms with Crippen molar-refractivity contribution in [3.8, 4) is 0 Å². The lowest BCUT2D eigenvalue weighted by Crippen LogP contribution is -2.34. The number of rotatable bonds is 8. The Morgan fingerprint density at radius 2 is 1.53 bits per heavy atom. The van der Waals surface area contributed by atoms with Gasteiger partial charge in [0, 0.05) is 0 Å². The first-order chi connectivity index (χ1) is 7.06. The van der Waals surface area contributed by atoms with Crippen molar-refractivity contribution in [3.63, 3.8) is 0 Å². The molecule has 0 heterocycles. The van der Waals surface area contributed by atoms with Gasteiger partial charge in [-0.1, -0.05) is 53.4 Å². The number of aliphatic hydroxyl groups is 2. The minimum atomic E-state index is -0.545. The Morgan fingerprint density at radius 3 is 1.93 bits per heavy atom. The van der Waals surface area contributed by atoms with Crippen molar-refractivity contribution in [2.75, 3.05) is 0 Å². The molecular formula is C13H28O2. The topological polar surface area (TPSA) is 40.5 Å². The van der Waals surface area contributed by atoms with E-state index >= 15 is 0 Å². The Hall–Kier alpha value is -0.0800. The smallest absolute Gasteiger partial charge is 0.0827 e. The first-order valence-corrected chi connectivity index (χ1v) is 6.42. The van der Waals surface area contributed by atoms with Crippen LogP contribution in [0.2, 0.25) is 0 Å². The summed E-state index contributed by atoms with van der Waals surface area (Å²) in [5, 5.41) is 19.8. The molecular weight excluding hydrogens is 188 g/mol. The van der Waals surface area contributed by atoms with Gasteiger partial charge < -0.3 is 10.2 Å². The predicted octanol–water partition coefficient (Wildman–Crippen LogP) is 2.97. The van der Waals surface area contributed by atoms with Gasteiger partial charge in [0.25, 0.3) is 0 Å². The zero-order chi connectivity index (χ0) is 11.8. The molecule has 0 aliphatic heterocycles. The van der Waals surface area contributed by atoms with Crippen LogP contribution >= 0.6 is 0 Å². The predicted molar refractivity (Wildman–Crippen MR) is 64.8 cm³/mol. The zero-order valence-electron chi connectivity index (χ0n) is 10.7. The monoisotopic (exact) mass is 216 g/mol. The molecule has 0 saturated heterocycles. The van der Waals surface area contributed by atoms with Crippen LogP contribution in [0.25, 0.3) is 0 Å². The molecule has 0 bridgehead atoms. The van der Waals surface area contributed by atoms with Crippen molar-refractivity contribution in [2.45, 2.75) is 72.0 Å². The van der Waals surface area contributed by atoms with Gasteiger partial charge in [0.1, 0.15) is 0 Å². The molecule has 2 N–H and O–H groups in total. The van der Waals surface area contributed by atoms with E-state index in [-0.39, 0.29) is 5.92 Å². The van der Waals surface area contributed by atoms with E-state index in [9.17, 15) is 10.2 Å². The van der Waals surface area contributed by atoms with Gasteiger partial charge in [0.15, 0.2) is 0 Å². The van der Waals surface area contributed by atoms with E-state index in [0.717, 1.165) is 32.1 Å². The molecule has 0 rings (SSSR count). The summed E-state index contributed by atoms with van der Waals surface area (Å²) < 4.78 is 0. The summed E-state index contributed by atoms with van der Waals surface area (Å²) in [5.74, 6) is 0.753. The van der Waals surface area contributed by atoms with Gasteiger partial charge in [0.2, 0.25) is 0 Å². The SMILES string of the molecule is CCCC(C)CC(O)C(O)C(CC)CC. The Kier molecular flexibility index (Phi) is 8.07. The quantitative estimate of drug-likeness (QED) is 0.655. The van der Waals surface area contributed by atoms with Crippen LogP contribution in [0.4, 0.5) is 0 Å². The molecule has 3 atom stereocenters. The van der Waals surface area contributed by atoms with Crippen LogP contribution in [0.3, 0.4) is 0 Å². The standard InChI is InChI=1S/C13H28O2/c1-5-8-10(4)9-12(14)13(15)11(6-2)7-3/h10-15H,5-9H2,1-4H3. The molecule has 0 aromatic carbocycles. The molecule has 0 aromatic rings. The summed E-state index contributed by atoms with van der Waals surface area (Å²) in [6.45, 7) is 8.44. The molecule has 0 spiro atoms. The third-order valence-corrected chi connectivity index (χ3v) is 3.35. The van der Waals surface area contributed by atoms with E-state index in [1.165, 1.54) is 0 Å². The van der Waals surface area contributed by atoms with Crippen molar-refractivity contribution in [1.29, 1.82) is 0 Å². The highest BCUT2D eigenvalue weighted by Crippen LogP contribution is 2.21. The highest BCUT2D eigenvalue weighted by molar-refractivity contribution is 4.75. The van der Waals surface area contributed by atoms with Gasteiger partial charge in [-0.05, 0) is 18.3 Å². The van der Waals surface area contributed by atoms with Crippen LogP contribution in [-0.2, 0) is 0 Å². The molecule has 0 fully saturated rings. The largest absolute Gasteiger partial charge is 0.390 e. The average Bonchev–Trinajstić information content (AvgIpc) is 2.19. The summed E-state index contributed by atoms with van der Waals surface area (Å²) in [6.07, 6.45) is 3.80. The number of hydrogen-bond donors (Lipinski definition) is 2. The zero-order valence-corrected chi connectivity index (χ0v) is 10.7. The molecule has 0 aromatic heterocycles. The van der Waals surface area contributed by atoms with Crippen molar-refractivity contribution >= 4 is 0 Å². The summed E-state index contributed by atoms with van der Waals surface area (Å²) in [7, 11) is 0. The Labute approximate surface area is 94.7 Å². The minimum absolute atomic E-state index is 0.244. The molecule has 2 nitrogen and oxygen atoms in total. The van der Waals surface area contributed by atoms with E-state index in [0.29, 0.717) is 5.92 Å². The van der Waals surface area contributed by atoms with Crippen molar-refractivity contribution in [2.24, 2.45) is 11.8 Å². The minimum Gasteiger partial charge on any atom is -0.390 e. The van der Waals surface area contributed by atoms with Gasteiger partial charge >= 0.3 is 0 Å². The lowest BCUT2D eigenvalue weighted by molar-refractivity contribution is -0.0300. The lowest BCUT2D eigenvalue weighted by atomic mass is 9.88. The fraction of sp³-hybridized carbons (Fsp3) is 1.00. The molecule has 0 saturated carbocycles. The molecule has 92 valence electrons. The van der Waals surface area contributed by atoms with E-state index in [1.54, 1.807) is 0 Å². The van der Waals surface area contributed by atoms with Crippen molar-refractivity contribution in [3.05, 3.63) is 0 Å². The highest BCUT2D eigenvalue weighted by Gasteiger charge is 2.24. The Bertz CT molecular complexity index is 143. The second-order valence-electron chi connectivity index (χ2n) is 4.76. The van der Waals surface area contributed by atoms with Gasteiger partial charge in [-0.15, -0.1) is 0 Å². The van der Waals surface area contributed by atoms with Gasteiger partial charge in [0.05, 0.1) is 12.2 Å². The van der Waals surface area contributed by atoms with Gasteiger partial charge in [-0.2, -0.15) is 0 Å². The first kappa shape index (κ1) is 14.9. The molecule has 0 aliphatic rings. The lowest BCUT2D eigenvalue weighted by Gasteiger charge is -2.26. The van der Waals surface area contributed by atoms with E-state index in [1.807, 2.05) is 0 Å². The summed E-state index contributed by atoms with van der Waals surface area (Å²) >= 11 is 0. The average molecular weight is 216 g/mol. The van der Waals surface area contributed by atoms with E-state index in [4.69, 9.17) is 0 Å². The fourth-order valence-electron chi connectivity index (χ4n) is 2.25. The fourth-order valence-corrected chi connectivity index (χ4v) is 2.25. The highest BCUT2D eigenvalue weighted by atomic mass is 16.3. The van der Waals surface area contributed by atoms with Crippen molar-refractivity contribution < 1.29 is 10.2 Å². The molecule has 2 heteroatoms. The third kappa shape index (κ3) is 5.53. The maximum absolute atomic E-state index is 9.94. The summed E-state index contributed by atoms with van der Waals surface area (Å²) in [4.78, 5) is 0. The van der Waals surface area contributed by atoms with Crippen LogP contribution in [0.1, 0.15) is 59.8 Å². The van der Waals surface area contributed by atoms with Crippen LogP contribution < -0.4 is 0 Å². The normalized spacial score (nSPS) is 17.8. The van der Waals surface area contributed by atoms with Crippen LogP contribution in [0.5, 0.6) is 0 Å². The third-order valence-electron chi connectivity index (χ3n) is 3.35. The van der Waals surface area contributed by atoms with Crippen molar-refractivity contribution in [1.82, 2.24) is 0 Å². The second kappa shape index (κ2) is 8.12. The Balaban J connectivity index is 4.01. The van der Waals surface area contributed by atoms with E-state index < -0.39 is 12.2 Å². The molecule has 15 heavy (non-hydrogen) atoms. The maximum atomic E-state index is 9.94. The molecule has 0 amide bonds. The van der Waals surface area contributed by atoms with E-state index in [2.05, 4.69) is 27.7 Å². The maximum Gasteiger partial charge on any atom is 0.0827 e. The molecule has 0 radical (unpaired) electrons. The van der Waals surface area contributed by atoms with Crippen LogP contribution in [0.15, 0.2) is 0 Å². The van der Waals surface area contributed by atoms with Gasteiger partial charge in [-0.25, -0.2) is 0 Å². The molecule has 3 unspecified atom stereocenters. The number of aliphatic hydroxyl groups excluding tert-OH is 2. The summed E-state index contributed by atoms with van der Waals surface area (Å²) in [5.41, 5.74) is 0. The number of hydrogen-bond acceptors (Lipinski definition) is 2. The first-order valence-electron chi connectivity index (χ1n) is 6.42. The van der Waals surface area contributed by atoms with Gasteiger partial charge in [-0.3, -0.25) is 0 Å².